The van der Waals surface area contributed by atoms with Gasteiger partial charge in [-0.25, -0.2) is 0 Å². The minimum Gasteiger partial charge on any atom is -0.511 e. The van der Waals surface area contributed by atoms with Crippen molar-refractivity contribution in [2.75, 3.05) is 6.54 Å². The Balaban J connectivity index is 3.58. The van der Waals surface area contributed by atoms with Crippen molar-refractivity contribution in [3.63, 3.8) is 0 Å². The minimum absolute atomic E-state index is 0.0624. The number of aliphatic hydroxyl groups excluding tert-OH is 1. The highest BCUT2D eigenvalue weighted by molar-refractivity contribution is 7.73. The summed E-state index contributed by atoms with van der Waals surface area (Å²) in [7, 11) is -2.37. The quantitative estimate of drug-likeness (QED) is 0.767. The fourth-order valence-corrected chi connectivity index (χ4v) is 3.05. The molecule has 0 bridgehead atoms. The van der Waals surface area contributed by atoms with Gasteiger partial charge >= 0.3 is 0 Å². The first-order valence-electron chi connectivity index (χ1n) is 6.04. The fourth-order valence-electron chi connectivity index (χ4n) is 2.09. The van der Waals surface area contributed by atoms with Crippen molar-refractivity contribution in [1.29, 1.82) is 0 Å². The molecule has 102 valence electrons. The molecule has 0 amide bonds. The Morgan fingerprint density at radius 2 is 2.00 bits per heavy atom. The van der Waals surface area contributed by atoms with Crippen LogP contribution in [0.15, 0.2) is 23.0 Å². The predicted octanol–water partition coefficient (Wildman–Crippen LogP) is 1.82. The molecule has 1 atom stereocenters. The maximum Gasteiger partial charge on any atom is 0.218 e. The molecule has 0 spiro atoms. The van der Waals surface area contributed by atoms with Crippen molar-refractivity contribution >= 4 is 15.2 Å². The second-order valence-electron chi connectivity index (χ2n) is 5.25. The summed E-state index contributed by atoms with van der Waals surface area (Å²) >= 11 is 0. The molecule has 4 nitrogen and oxygen atoms in total. The first kappa shape index (κ1) is 15.0. The van der Waals surface area contributed by atoms with Gasteiger partial charge in [-0.3, -0.25) is 0 Å². The summed E-state index contributed by atoms with van der Waals surface area (Å²) in [6.45, 7) is 7.86. The van der Waals surface area contributed by atoms with Crippen LogP contribution < -0.4 is 5.73 Å². The normalized spacial score (nSPS) is 21.1. The van der Waals surface area contributed by atoms with Gasteiger partial charge in [0.25, 0.3) is 0 Å². The van der Waals surface area contributed by atoms with Crippen LogP contribution >= 0.6 is 0 Å². The van der Waals surface area contributed by atoms with E-state index < -0.39 is 16.2 Å². The molecule has 3 N–H and O–H groups in total. The Hall–Kier alpha value is -1.07. The minimum atomic E-state index is -2.37. The molecule has 0 aromatic rings. The Bertz CT molecular complexity index is 531. The number of nitrogens with two attached hydrogens (primary N) is 1. The lowest BCUT2D eigenvalue weighted by Crippen LogP contribution is -2.35. The van der Waals surface area contributed by atoms with E-state index >= 15 is 0 Å². The van der Waals surface area contributed by atoms with E-state index in [0.717, 1.165) is 12.0 Å². The van der Waals surface area contributed by atoms with E-state index in [-0.39, 0.29) is 22.6 Å². The molecule has 0 heterocycles. The van der Waals surface area contributed by atoms with Gasteiger partial charge in [0, 0.05) is 6.54 Å². The SMILES string of the molecule is CCC(C)(C)C1=CC(C)=C(O)C(CN)C1=S(=O)=O. The average molecular weight is 271 g/mol. The van der Waals surface area contributed by atoms with E-state index in [1.165, 1.54) is 0 Å². The number of aliphatic hydroxyl groups is 1. The highest BCUT2D eigenvalue weighted by Crippen LogP contribution is 2.37. The lowest BCUT2D eigenvalue weighted by Gasteiger charge is -2.33. The number of rotatable bonds is 3. The van der Waals surface area contributed by atoms with Gasteiger partial charge in [0.1, 0.15) is 5.76 Å². The van der Waals surface area contributed by atoms with Gasteiger partial charge in [0.05, 0.1) is 10.8 Å². The van der Waals surface area contributed by atoms with E-state index in [2.05, 4.69) is 0 Å². The van der Waals surface area contributed by atoms with Crippen molar-refractivity contribution in [2.24, 2.45) is 17.1 Å². The van der Waals surface area contributed by atoms with Gasteiger partial charge < -0.3 is 10.8 Å². The average Bonchev–Trinajstić information content (AvgIpc) is 2.31. The fraction of sp³-hybridized carbons (Fsp3) is 0.615. The van der Waals surface area contributed by atoms with Gasteiger partial charge in [-0.2, -0.15) is 8.42 Å². The van der Waals surface area contributed by atoms with Crippen LogP contribution in [0.3, 0.4) is 0 Å². The third kappa shape index (κ3) is 2.52. The summed E-state index contributed by atoms with van der Waals surface area (Å²) in [5.41, 5.74) is 6.80. The second kappa shape index (κ2) is 5.28. The van der Waals surface area contributed by atoms with E-state index in [4.69, 9.17) is 5.73 Å². The van der Waals surface area contributed by atoms with Gasteiger partial charge in [-0.05, 0) is 29.9 Å². The summed E-state index contributed by atoms with van der Waals surface area (Å²) in [4.78, 5) is 0.229. The Kier molecular flexibility index (Phi) is 4.40. The van der Waals surface area contributed by atoms with Crippen LogP contribution in [0.5, 0.6) is 0 Å². The molecule has 0 aromatic heterocycles. The highest BCUT2D eigenvalue weighted by atomic mass is 32.2. The monoisotopic (exact) mass is 271 g/mol. The van der Waals surface area contributed by atoms with Gasteiger partial charge in [-0.15, -0.1) is 0 Å². The van der Waals surface area contributed by atoms with Crippen LogP contribution in [0, 0.1) is 11.3 Å². The van der Waals surface area contributed by atoms with Gasteiger partial charge in [-0.1, -0.05) is 26.8 Å². The molecule has 1 aliphatic rings. The molecule has 0 saturated heterocycles. The van der Waals surface area contributed by atoms with E-state index in [0.29, 0.717) is 5.57 Å². The smallest absolute Gasteiger partial charge is 0.218 e. The van der Waals surface area contributed by atoms with Crippen LogP contribution in [0.25, 0.3) is 0 Å². The molecule has 1 unspecified atom stereocenters. The maximum atomic E-state index is 11.5. The van der Waals surface area contributed by atoms with Crippen molar-refractivity contribution in [3.05, 3.63) is 23.0 Å². The molecule has 1 aliphatic carbocycles. The van der Waals surface area contributed by atoms with E-state index in [1.807, 2.05) is 20.8 Å². The van der Waals surface area contributed by atoms with Crippen LogP contribution in [0.1, 0.15) is 34.1 Å². The van der Waals surface area contributed by atoms with E-state index in [1.54, 1.807) is 13.0 Å². The van der Waals surface area contributed by atoms with Crippen molar-refractivity contribution in [1.82, 2.24) is 0 Å². The van der Waals surface area contributed by atoms with Crippen molar-refractivity contribution < 1.29 is 13.5 Å². The van der Waals surface area contributed by atoms with Gasteiger partial charge in [0.15, 0.2) is 0 Å². The summed E-state index contributed by atoms with van der Waals surface area (Å²) in [5.74, 6) is -0.554. The predicted molar refractivity (Wildman–Crippen MR) is 74.0 cm³/mol. The molecule has 0 saturated carbocycles. The third-order valence-corrected chi connectivity index (χ3v) is 4.57. The lowest BCUT2D eigenvalue weighted by atomic mass is 9.73. The zero-order valence-corrected chi connectivity index (χ0v) is 12.1. The molecule has 0 fully saturated rings. The molecule has 1 rings (SSSR count). The number of hydrogen-bond acceptors (Lipinski definition) is 4. The zero-order chi connectivity index (χ0) is 14.1. The summed E-state index contributed by atoms with van der Waals surface area (Å²) in [6, 6.07) is 0. The largest absolute Gasteiger partial charge is 0.511 e. The summed E-state index contributed by atoms with van der Waals surface area (Å²) < 4.78 is 23.0. The molecular weight excluding hydrogens is 250 g/mol. The third-order valence-electron chi connectivity index (χ3n) is 3.71. The molecule has 0 radical (unpaired) electrons. The lowest BCUT2D eigenvalue weighted by molar-refractivity contribution is 0.356. The van der Waals surface area contributed by atoms with E-state index in [9.17, 15) is 13.5 Å². The Labute approximate surface area is 110 Å². The van der Waals surface area contributed by atoms with Crippen molar-refractivity contribution in [2.45, 2.75) is 34.1 Å². The molecule has 0 aliphatic heterocycles. The number of hydrogen-bond donors (Lipinski definition) is 2. The van der Waals surface area contributed by atoms with Crippen LogP contribution in [0.4, 0.5) is 0 Å². The first-order valence-corrected chi connectivity index (χ1v) is 7.12. The van der Waals surface area contributed by atoms with Gasteiger partial charge in [0.2, 0.25) is 10.3 Å². The molecule has 0 aromatic carbocycles. The van der Waals surface area contributed by atoms with Crippen LogP contribution in [0.2, 0.25) is 0 Å². The highest BCUT2D eigenvalue weighted by Gasteiger charge is 2.35. The Morgan fingerprint density at radius 1 is 1.44 bits per heavy atom. The van der Waals surface area contributed by atoms with Crippen LogP contribution in [-0.4, -0.2) is 24.9 Å². The zero-order valence-electron chi connectivity index (χ0n) is 11.3. The first-order chi connectivity index (χ1) is 8.26. The van der Waals surface area contributed by atoms with Crippen LogP contribution in [-0.2, 0) is 10.3 Å². The number of allylic oxidation sites excluding steroid dienone is 3. The summed E-state index contributed by atoms with van der Waals surface area (Å²) in [5, 5.41) is 9.97. The standard InChI is InChI=1S/C13H21NO3S/c1-5-13(3,4)10-6-8(2)11(15)9(7-14)12(10)18(16)17/h6,9,15H,5,7,14H2,1-4H3. The van der Waals surface area contributed by atoms with Crippen molar-refractivity contribution in [3.8, 4) is 0 Å². The Morgan fingerprint density at radius 3 is 2.39 bits per heavy atom. The molecular formula is C13H21NO3S. The molecule has 5 heteroatoms. The molecule has 18 heavy (non-hydrogen) atoms. The summed E-state index contributed by atoms with van der Waals surface area (Å²) in [6.07, 6.45) is 2.57. The maximum absolute atomic E-state index is 11.5. The second-order valence-corrected chi connectivity index (χ2v) is 6.16. The topological polar surface area (TPSA) is 80.4 Å².